The van der Waals surface area contributed by atoms with Crippen LogP contribution in [0.15, 0.2) is 62.7 Å². The maximum absolute atomic E-state index is 14.4. The highest BCUT2D eigenvalue weighted by Crippen LogP contribution is 2.54. The second-order valence-corrected chi connectivity index (χ2v) is 9.06. The summed E-state index contributed by atoms with van der Waals surface area (Å²) in [4.78, 5) is 0. The van der Waals surface area contributed by atoms with Crippen LogP contribution in [0.1, 0.15) is 46.2 Å². The van der Waals surface area contributed by atoms with Crippen LogP contribution in [-0.2, 0) is 3.42 Å². The van der Waals surface area contributed by atoms with Crippen molar-refractivity contribution < 1.29 is 13.2 Å². The number of allylic oxidation sites excluding steroid dienone is 4. The molecule has 0 aromatic heterocycles. The van der Waals surface area contributed by atoms with E-state index in [1.54, 1.807) is 36.4 Å². The van der Waals surface area contributed by atoms with Gasteiger partial charge in [-0.1, -0.05) is 73.2 Å². The van der Waals surface area contributed by atoms with Crippen LogP contribution in [-0.4, -0.2) is 6.18 Å². The van der Waals surface area contributed by atoms with Gasteiger partial charge in [-0.2, -0.15) is 13.2 Å². The van der Waals surface area contributed by atoms with E-state index in [0.717, 1.165) is 44.5 Å². The molecular formula is C24H18F3I. The summed E-state index contributed by atoms with van der Waals surface area (Å²) >= 11 is 1.54. The molecule has 0 bridgehead atoms. The third kappa shape index (κ3) is 2.65. The van der Waals surface area contributed by atoms with Crippen molar-refractivity contribution in [1.29, 1.82) is 0 Å². The third-order valence-corrected chi connectivity index (χ3v) is 7.46. The highest BCUT2D eigenvalue weighted by Gasteiger charge is 2.56. The van der Waals surface area contributed by atoms with Gasteiger partial charge < -0.3 is 0 Å². The molecule has 0 radical (unpaired) electrons. The maximum atomic E-state index is 14.4. The minimum atomic E-state index is -4.48. The first-order valence-electron chi connectivity index (χ1n) is 8.81. The molecule has 0 fully saturated rings. The molecule has 0 amide bonds. The van der Waals surface area contributed by atoms with Crippen molar-refractivity contribution in [2.75, 3.05) is 0 Å². The molecule has 0 nitrogen and oxygen atoms in total. The Morgan fingerprint density at radius 3 is 1.36 bits per heavy atom. The van der Waals surface area contributed by atoms with Crippen molar-refractivity contribution in [2.24, 2.45) is 0 Å². The van der Waals surface area contributed by atoms with E-state index in [1.165, 1.54) is 22.6 Å². The van der Waals surface area contributed by atoms with Crippen LogP contribution in [0.4, 0.5) is 13.2 Å². The highest BCUT2D eigenvalue weighted by molar-refractivity contribution is 14.1. The van der Waals surface area contributed by atoms with E-state index in [9.17, 15) is 13.2 Å². The Kier molecular flexibility index (Phi) is 4.27. The zero-order valence-corrected chi connectivity index (χ0v) is 17.4. The molecule has 0 N–H and O–H groups in total. The molecule has 2 aromatic carbocycles. The molecule has 2 aliphatic carbocycles. The van der Waals surface area contributed by atoms with Gasteiger partial charge in [-0.3, -0.25) is 0 Å². The Labute approximate surface area is 176 Å². The fraction of sp³-hybridized carbons (Fsp3) is 0.167. The quantitative estimate of drug-likeness (QED) is 0.298. The SMILES string of the molecule is C=C1CC(=C)c2cc(C(I)(c3ccc4c(c3)C(=C)CC4=C)C(F)(F)F)ccc21. The van der Waals surface area contributed by atoms with Gasteiger partial charge in [-0.15, -0.1) is 0 Å². The van der Waals surface area contributed by atoms with E-state index < -0.39 is 9.60 Å². The predicted octanol–water partition coefficient (Wildman–Crippen LogP) is 7.79. The first-order chi connectivity index (χ1) is 13.0. The Bertz CT molecular complexity index is 1010. The standard InChI is InChI=1S/C24H18F3I/c1-13-9-15(3)21-11-17(5-7-19(13)21)23(28,24(25,26)27)18-6-8-20-14(2)10-16(4)22(20)12-18/h5-8,11-12H,1-4,9-10H2. The van der Waals surface area contributed by atoms with Crippen LogP contribution in [0.3, 0.4) is 0 Å². The molecule has 0 atom stereocenters. The summed E-state index contributed by atoms with van der Waals surface area (Å²) in [5, 5.41) is 0. The van der Waals surface area contributed by atoms with Gasteiger partial charge in [0, 0.05) is 0 Å². The molecule has 2 aliphatic rings. The van der Waals surface area contributed by atoms with Gasteiger partial charge in [0.1, 0.15) is 0 Å². The number of benzene rings is 2. The van der Waals surface area contributed by atoms with Gasteiger partial charge in [0.15, 0.2) is 3.42 Å². The molecule has 2 aromatic rings. The Morgan fingerprint density at radius 2 is 1.00 bits per heavy atom. The second-order valence-electron chi connectivity index (χ2n) is 7.44. The monoisotopic (exact) mass is 490 g/mol. The minimum absolute atomic E-state index is 0.192. The van der Waals surface area contributed by atoms with E-state index in [0.29, 0.717) is 12.8 Å². The van der Waals surface area contributed by atoms with Crippen LogP contribution >= 0.6 is 22.6 Å². The normalized spacial score (nSPS) is 16.6. The molecule has 0 saturated heterocycles. The lowest BCUT2D eigenvalue weighted by molar-refractivity contribution is -0.146. The van der Waals surface area contributed by atoms with Crippen LogP contribution in [0, 0.1) is 0 Å². The number of hydrogen-bond acceptors (Lipinski definition) is 0. The third-order valence-electron chi connectivity index (χ3n) is 5.60. The molecule has 0 aliphatic heterocycles. The van der Waals surface area contributed by atoms with Gasteiger partial charge >= 0.3 is 6.18 Å². The summed E-state index contributed by atoms with van der Waals surface area (Å²) in [6.07, 6.45) is -3.29. The summed E-state index contributed by atoms with van der Waals surface area (Å²) in [5.41, 5.74) is 7.06. The van der Waals surface area contributed by atoms with Crippen LogP contribution < -0.4 is 0 Å². The summed E-state index contributed by atoms with van der Waals surface area (Å²) < 4.78 is 41.1. The molecule has 28 heavy (non-hydrogen) atoms. The number of fused-ring (bicyclic) bond motifs is 2. The maximum Gasteiger partial charge on any atom is 0.411 e. The molecule has 0 unspecified atom stereocenters. The predicted molar refractivity (Wildman–Crippen MR) is 119 cm³/mol. The van der Waals surface area contributed by atoms with Crippen LogP contribution in [0.5, 0.6) is 0 Å². The van der Waals surface area contributed by atoms with Crippen molar-refractivity contribution in [2.45, 2.75) is 22.4 Å². The smallest absolute Gasteiger partial charge is 0.169 e. The molecule has 4 rings (SSSR count). The Morgan fingerprint density at radius 1 is 0.643 bits per heavy atom. The van der Waals surface area contributed by atoms with E-state index in [4.69, 9.17) is 0 Å². The van der Waals surface area contributed by atoms with E-state index >= 15 is 0 Å². The summed E-state index contributed by atoms with van der Waals surface area (Å²) in [6.45, 7) is 16.0. The Hall–Kier alpha value is -2.08. The lowest BCUT2D eigenvalue weighted by atomic mass is 9.86. The first kappa shape index (κ1) is 19.2. The van der Waals surface area contributed by atoms with Gasteiger partial charge in [-0.05, 0) is 80.6 Å². The van der Waals surface area contributed by atoms with Gasteiger partial charge in [0.2, 0.25) is 0 Å². The van der Waals surface area contributed by atoms with Crippen molar-refractivity contribution >= 4 is 44.9 Å². The van der Waals surface area contributed by atoms with Crippen LogP contribution in [0.25, 0.3) is 22.3 Å². The summed E-state index contributed by atoms with van der Waals surface area (Å²) in [5.74, 6) is 0. The van der Waals surface area contributed by atoms with Gasteiger partial charge in [0.25, 0.3) is 0 Å². The minimum Gasteiger partial charge on any atom is -0.169 e. The van der Waals surface area contributed by atoms with Crippen molar-refractivity contribution in [3.63, 3.8) is 0 Å². The summed E-state index contributed by atoms with van der Waals surface area (Å²) in [7, 11) is 0. The average molecular weight is 490 g/mol. The topological polar surface area (TPSA) is 0 Å². The first-order valence-corrected chi connectivity index (χ1v) is 9.89. The van der Waals surface area contributed by atoms with Crippen LogP contribution in [0.2, 0.25) is 0 Å². The number of alkyl halides is 4. The largest absolute Gasteiger partial charge is 0.411 e. The van der Waals surface area contributed by atoms with Crippen molar-refractivity contribution in [1.82, 2.24) is 0 Å². The zero-order valence-electron chi connectivity index (χ0n) is 15.2. The van der Waals surface area contributed by atoms with Gasteiger partial charge in [0.05, 0.1) is 0 Å². The summed E-state index contributed by atoms with van der Waals surface area (Å²) in [6, 6.07) is 9.83. The van der Waals surface area contributed by atoms with E-state index in [-0.39, 0.29) is 11.1 Å². The molecule has 0 spiro atoms. The average Bonchev–Trinajstić information content (AvgIpc) is 3.08. The Balaban J connectivity index is 1.93. The molecular weight excluding hydrogens is 472 g/mol. The fourth-order valence-electron chi connectivity index (χ4n) is 4.11. The molecule has 4 heteroatoms. The van der Waals surface area contributed by atoms with E-state index in [2.05, 4.69) is 26.3 Å². The second kappa shape index (κ2) is 6.21. The zero-order chi connectivity index (χ0) is 20.4. The fourth-order valence-corrected chi connectivity index (χ4v) is 4.78. The number of halogens is 4. The molecule has 0 saturated carbocycles. The van der Waals surface area contributed by atoms with Gasteiger partial charge in [-0.25, -0.2) is 0 Å². The van der Waals surface area contributed by atoms with E-state index in [1.807, 2.05) is 0 Å². The number of rotatable bonds is 2. The highest BCUT2D eigenvalue weighted by atomic mass is 127. The lowest BCUT2D eigenvalue weighted by Crippen LogP contribution is -2.37. The van der Waals surface area contributed by atoms with Crippen molar-refractivity contribution in [3.8, 4) is 0 Å². The lowest BCUT2D eigenvalue weighted by Gasteiger charge is -2.32. The number of hydrogen-bond donors (Lipinski definition) is 0. The van der Waals surface area contributed by atoms with Crippen molar-refractivity contribution in [3.05, 3.63) is 96.1 Å². The molecule has 142 valence electrons. The molecule has 0 heterocycles.